The SMILES string of the molecule is CC/N=C(\c1ccccc1)N1CCN(C(=O)C(=O)c2c[nH]c3c(-n4ccnn4)ncc(F)c23)CC1. The van der Waals surface area contributed by atoms with Crippen LogP contribution in [0.4, 0.5) is 4.39 Å². The number of aromatic nitrogens is 5. The van der Waals surface area contributed by atoms with E-state index in [1.54, 1.807) is 6.20 Å². The van der Waals surface area contributed by atoms with Gasteiger partial charge < -0.3 is 14.8 Å². The fraction of sp³-hybridized carbons (Fsp3) is 0.250. The predicted octanol–water partition coefficient (Wildman–Crippen LogP) is 2.08. The van der Waals surface area contributed by atoms with Crippen molar-refractivity contribution in [3.05, 3.63) is 72.1 Å². The van der Waals surface area contributed by atoms with Crippen LogP contribution in [0, 0.1) is 5.82 Å². The van der Waals surface area contributed by atoms with Crippen molar-refractivity contribution in [2.24, 2.45) is 4.99 Å². The number of carbonyl (C=O) groups is 2. The number of hydrogen-bond acceptors (Lipinski definition) is 6. The van der Waals surface area contributed by atoms with E-state index in [0.29, 0.717) is 32.7 Å². The van der Waals surface area contributed by atoms with E-state index in [1.807, 2.05) is 37.3 Å². The molecule has 0 atom stereocenters. The highest BCUT2D eigenvalue weighted by Crippen LogP contribution is 2.26. The van der Waals surface area contributed by atoms with Gasteiger partial charge in [-0.2, -0.15) is 0 Å². The quantitative estimate of drug-likeness (QED) is 0.205. The number of piperazine rings is 1. The first-order valence-corrected chi connectivity index (χ1v) is 11.3. The lowest BCUT2D eigenvalue weighted by Crippen LogP contribution is -2.52. The van der Waals surface area contributed by atoms with E-state index in [-0.39, 0.29) is 22.3 Å². The van der Waals surface area contributed by atoms with Crippen LogP contribution in [0.5, 0.6) is 0 Å². The molecule has 1 aromatic carbocycles. The third-order valence-electron chi connectivity index (χ3n) is 5.93. The fourth-order valence-electron chi connectivity index (χ4n) is 4.26. The summed E-state index contributed by atoms with van der Waals surface area (Å²) in [6.07, 6.45) is 5.36. The molecular weight excluding hydrogens is 451 g/mol. The maximum Gasteiger partial charge on any atom is 0.295 e. The van der Waals surface area contributed by atoms with Crippen LogP contribution in [0.15, 0.2) is 60.1 Å². The predicted molar refractivity (Wildman–Crippen MR) is 127 cm³/mol. The number of nitrogens with one attached hydrogen (secondary N) is 1. The molecule has 1 N–H and O–H groups in total. The Morgan fingerprint density at radius 3 is 2.54 bits per heavy atom. The molecule has 0 bridgehead atoms. The molecule has 1 aliphatic rings. The number of Topliss-reactive ketones (excluding diaryl/α,β-unsaturated/α-hetero) is 1. The molecular formula is C24H23FN8O2. The van der Waals surface area contributed by atoms with Crippen LogP contribution in [0.3, 0.4) is 0 Å². The molecule has 5 rings (SSSR count). The van der Waals surface area contributed by atoms with Gasteiger partial charge >= 0.3 is 0 Å². The van der Waals surface area contributed by atoms with Crippen molar-refractivity contribution in [1.82, 2.24) is 34.8 Å². The number of H-pyrrole nitrogens is 1. The molecule has 0 saturated carbocycles. The number of rotatable bonds is 5. The molecule has 35 heavy (non-hydrogen) atoms. The molecule has 178 valence electrons. The van der Waals surface area contributed by atoms with Gasteiger partial charge in [-0.25, -0.2) is 14.1 Å². The summed E-state index contributed by atoms with van der Waals surface area (Å²) in [4.78, 5) is 41.4. The first kappa shape index (κ1) is 22.4. The number of aromatic amines is 1. The highest BCUT2D eigenvalue weighted by Gasteiger charge is 2.31. The molecule has 0 unspecified atom stereocenters. The minimum Gasteiger partial charge on any atom is -0.357 e. The van der Waals surface area contributed by atoms with Gasteiger partial charge in [0, 0.05) is 44.5 Å². The average Bonchev–Trinajstić information content (AvgIpc) is 3.59. The van der Waals surface area contributed by atoms with Gasteiger partial charge in [-0.3, -0.25) is 14.6 Å². The number of pyridine rings is 1. The standard InChI is InChI=1S/C24H23FN8O2/c1-2-26-22(16-6-4-3-5-7-16)31-10-12-32(13-11-31)24(35)21(34)17-14-27-20-19(17)18(25)15-28-23(20)33-9-8-29-30-33/h3-9,14-15,27H,2,10-13H2,1H3/b26-22+. The van der Waals surface area contributed by atoms with Gasteiger partial charge in [-0.05, 0) is 6.92 Å². The summed E-state index contributed by atoms with van der Waals surface area (Å²) in [5, 5.41) is 7.61. The number of nitrogens with zero attached hydrogens (tertiary/aromatic N) is 7. The summed E-state index contributed by atoms with van der Waals surface area (Å²) in [5.41, 5.74) is 1.24. The van der Waals surface area contributed by atoms with E-state index in [2.05, 4.69) is 30.2 Å². The first-order valence-electron chi connectivity index (χ1n) is 11.3. The molecule has 4 heterocycles. The second-order valence-corrected chi connectivity index (χ2v) is 8.00. The van der Waals surface area contributed by atoms with Gasteiger partial charge in [0.2, 0.25) is 0 Å². The minimum absolute atomic E-state index is 0.00364. The summed E-state index contributed by atoms with van der Waals surface area (Å²) < 4.78 is 16.1. The van der Waals surface area contributed by atoms with Crippen molar-refractivity contribution < 1.29 is 14.0 Å². The fourth-order valence-corrected chi connectivity index (χ4v) is 4.26. The molecule has 1 fully saturated rings. The van der Waals surface area contributed by atoms with Gasteiger partial charge in [0.15, 0.2) is 11.6 Å². The van der Waals surface area contributed by atoms with E-state index in [9.17, 15) is 14.0 Å². The molecule has 1 amide bonds. The molecule has 0 radical (unpaired) electrons. The molecule has 3 aromatic heterocycles. The monoisotopic (exact) mass is 474 g/mol. The summed E-state index contributed by atoms with van der Waals surface area (Å²) in [5.74, 6) is -0.988. The van der Waals surface area contributed by atoms with Crippen LogP contribution < -0.4 is 0 Å². The average molecular weight is 475 g/mol. The van der Waals surface area contributed by atoms with E-state index < -0.39 is 17.5 Å². The minimum atomic E-state index is -0.773. The smallest absolute Gasteiger partial charge is 0.295 e. The molecule has 11 heteroatoms. The highest BCUT2D eigenvalue weighted by molar-refractivity contribution is 6.45. The maximum absolute atomic E-state index is 14.7. The normalized spacial score (nSPS) is 14.5. The van der Waals surface area contributed by atoms with Crippen LogP contribution >= 0.6 is 0 Å². The van der Waals surface area contributed by atoms with Crippen molar-refractivity contribution in [2.45, 2.75) is 6.92 Å². The Hall–Kier alpha value is -4.41. The number of amidine groups is 1. The van der Waals surface area contributed by atoms with Crippen molar-refractivity contribution in [3.8, 4) is 5.82 Å². The van der Waals surface area contributed by atoms with Gasteiger partial charge in [0.1, 0.15) is 5.84 Å². The molecule has 1 saturated heterocycles. The van der Waals surface area contributed by atoms with E-state index in [4.69, 9.17) is 0 Å². The third kappa shape index (κ3) is 4.16. The van der Waals surface area contributed by atoms with Gasteiger partial charge in [0.05, 0.1) is 35.1 Å². The Bertz CT molecular complexity index is 1390. The number of benzene rings is 1. The van der Waals surface area contributed by atoms with Crippen LogP contribution in [-0.4, -0.2) is 85.0 Å². The number of fused-ring (bicyclic) bond motifs is 1. The van der Waals surface area contributed by atoms with Crippen LogP contribution in [0.25, 0.3) is 16.7 Å². The summed E-state index contributed by atoms with van der Waals surface area (Å²) in [6, 6.07) is 9.88. The Morgan fingerprint density at radius 2 is 1.86 bits per heavy atom. The number of amides is 1. The number of hydrogen-bond donors (Lipinski definition) is 1. The first-order chi connectivity index (χ1) is 17.1. The van der Waals surface area contributed by atoms with Crippen LogP contribution in [0.2, 0.25) is 0 Å². The number of carbonyl (C=O) groups excluding carboxylic acids is 2. The topological polar surface area (TPSA) is 112 Å². The zero-order chi connectivity index (χ0) is 24.4. The van der Waals surface area contributed by atoms with Crippen molar-refractivity contribution in [1.29, 1.82) is 0 Å². The maximum atomic E-state index is 14.7. The second kappa shape index (κ2) is 9.45. The zero-order valence-electron chi connectivity index (χ0n) is 19.1. The summed E-state index contributed by atoms with van der Waals surface area (Å²) >= 11 is 0. The molecule has 0 spiro atoms. The van der Waals surface area contributed by atoms with E-state index in [1.165, 1.54) is 22.0 Å². The summed E-state index contributed by atoms with van der Waals surface area (Å²) in [7, 11) is 0. The molecule has 4 aromatic rings. The Morgan fingerprint density at radius 1 is 1.11 bits per heavy atom. The Balaban J connectivity index is 1.35. The molecule has 10 nitrogen and oxygen atoms in total. The Kier molecular flexibility index (Phi) is 6.04. The van der Waals surface area contributed by atoms with Crippen LogP contribution in [0.1, 0.15) is 22.8 Å². The highest BCUT2D eigenvalue weighted by atomic mass is 19.1. The lowest BCUT2D eigenvalue weighted by atomic mass is 10.1. The van der Waals surface area contributed by atoms with Crippen LogP contribution in [-0.2, 0) is 4.79 Å². The molecule has 0 aliphatic carbocycles. The van der Waals surface area contributed by atoms with E-state index >= 15 is 0 Å². The van der Waals surface area contributed by atoms with Gasteiger partial charge in [-0.15, -0.1) is 5.10 Å². The lowest BCUT2D eigenvalue weighted by molar-refractivity contribution is -0.127. The number of aliphatic imine (C=N–C) groups is 1. The summed E-state index contributed by atoms with van der Waals surface area (Å²) in [6.45, 7) is 4.41. The van der Waals surface area contributed by atoms with Gasteiger partial charge in [0.25, 0.3) is 11.7 Å². The van der Waals surface area contributed by atoms with Gasteiger partial charge in [-0.1, -0.05) is 35.5 Å². The number of ketones is 1. The van der Waals surface area contributed by atoms with Crippen molar-refractivity contribution in [3.63, 3.8) is 0 Å². The van der Waals surface area contributed by atoms with Crippen molar-refractivity contribution in [2.75, 3.05) is 32.7 Å². The number of halogens is 1. The Labute approximate surface area is 200 Å². The third-order valence-corrected chi connectivity index (χ3v) is 5.93. The largest absolute Gasteiger partial charge is 0.357 e. The van der Waals surface area contributed by atoms with Crippen molar-refractivity contribution >= 4 is 28.4 Å². The lowest BCUT2D eigenvalue weighted by Gasteiger charge is -2.36. The van der Waals surface area contributed by atoms with E-state index in [0.717, 1.165) is 17.6 Å². The molecule has 1 aliphatic heterocycles. The second-order valence-electron chi connectivity index (χ2n) is 8.00. The zero-order valence-corrected chi connectivity index (χ0v) is 19.1.